The second-order valence-electron chi connectivity index (χ2n) is 23.4. The van der Waals surface area contributed by atoms with Crippen molar-refractivity contribution >= 4 is 94.1 Å². The zero-order valence-electron chi connectivity index (χ0n) is 57.1. The molecule has 0 bridgehead atoms. The average Bonchev–Trinajstić information content (AvgIpc) is 1.68. The lowest BCUT2D eigenvalue weighted by molar-refractivity contribution is -0.454. The Labute approximate surface area is 623 Å². The van der Waals surface area contributed by atoms with Gasteiger partial charge >= 0.3 is 5.43 Å². The molecule has 0 spiro atoms. The maximum absolute atomic E-state index is 12.0. The second kappa shape index (κ2) is 43.4. The lowest BCUT2D eigenvalue weighted by Crippen LogP contribution is -3.00. The molecule has 0 aromatic heterocycles. The maximum Gasteiger partial charge on any atom is 0.405 e. The van der Waals surface area contributed by atoms with Crippen LogP contribution in [0.15, 0.2) is 194 Å². The topological polar surface area (TPSA) is 170 Å². The molecule has 17 nitrogen and oxygen atoms in total. The molecule has 0 fully saturated rings. The number of hydrogen-bond donors (Lipinski definition) is 2. The van der Waals surface area contributed by atoms with Crippen LogP contribution < -0.4 is 50.9 Å². The minimum Gasteiger partial charge on any atom is -1.00 e. The molecule has 0 saturated carbocycles. The number of fused-ring (bicyclic) bond motifs is 5. The molecule has 5 heterocycles. The van der Waals surface area contributed by atoms with Crippen LogP contribution in [0.2, 0.25) is 15.1 Å². The molecule has 0 aliphatic carbocycles. The quantitative estimate of drug-likeness (QED) is 0.0483. The SMILES string of the molecule is C=[N+](C)C.CC(Cl)OC(=O)Cl.CN(C)CC1Oc2ccccc2C1=O.CN(C)C[C@H]1Oc2ccccc2[C@H]1O.CN(C)C[C@H]1Oc2ccccc2[C@H]1Oc1ccc(Cl)cc1.CNC[C@H]1Oc2ccccc2[C@H]1Oc1ccc(Cl)cc1.Cl.Fc1ccc(Cl)cc1.O=C1COc2ccccc21.[Cl-]. The lowest BCUT2D eigenvalue weighted by atomic mass is 10.1. The minimum absolute atomic E-state index is 0. The molecule has 5 aliphatic heterocycles. The molecule has 2 unspecified atom stereocenters. The molecule has 0 radical (unpaired) electrons. The predicted octanol–water partition coefficient (Wildman–Crippen LogP) is 12.5. The predicted molar refractivity (Wildman–Crippen MR) is 394 cm³/mol. The molecule has 8 atom stereocenters. The Kier molecular flexibility index (Phi) is 36.9. The Balaban J connectivity index is 0.000000251. The first kappa shape index (κ1) is 85.0. The molecule has 8 aromatic rings. The smallest absolute Gasteiger partial charge is 0.405 e. The van der Waals surface area contributed by atoms with E-state index >= 15 is 0 Å². The van der Waals surface area contributed by atoms with Crippen molar-refractivity contribution in [2.24, 2.45) is 0 Å². The maximum atomic E-state index is 12.0. The Morgan fingerprint density at radius 1 is 0.580 bits per heavy atom. The van der Waals surface area contributed by atoms with E-state index in [1.54, 1.807) is 16.7 Å². The van der Waals surface area contributed by atoms with Crippen molar-refractivity contribution in [3.63, 3.8) is 0 Å². The Morgan fingerprint density at radius 2 is 0.960 bits per heavy atom. The van der Waals surface area contributed by atoms with Gasteiger partial charge < -0.3 is 75.4 Å². The Bertz CT molecular complexity index is 3780. The number of benzene rings is 8. The zero-order chi connectivity index (χ0) is 71.4. The standard InChI is InChI=1S/C17H18ClNO2.C16H16ClNO2.C11H15NO2.C11H13NO2.C8H6O2.C6H4ClF.C3H4Cl2O2.C3H8N.2ClH/c1-19(2)11-16-17(14-5-3-4-6-15(14)21-16)20-13-9-7-12(18)8-10-13;1-18-10-15-16(13-4-2-3-5-14(13)20-15)19-12-8-6-11(17)7-9-12;2*1-12(2)7-10-11(13)8-5-3-4-6-9(8)14-10;9-7-5-10-8-4-2-1-3-6(7)8;7-5-1-3-6(8)4-2-5;1-2(4)7-3(5)6;1-4(2)3;;/h3-10,16-17H,11H2,1-2H3;2-9,15-16,18H,10H2,1H3;3-6,10-11,13H,7H2,1-2H3;3-6,10H,7H2,1-2H3;1-4H,5H2;1-4H;2H,1H3;1H2,2-3H3;2*1H/q;;;;;;;+1;;/p-1/t16-,17-;15-,16-;10-,11-;;;;;;;/m111......./s1. The highest BCUT2D eigenvalue weighted by Crippen LogP contribution is 2.42. The summed E-state index contributed by atoms with van der Waals surface area (Å²) in [6.45, 7) is 8.07. The van der Waals surface area contributed by atoms with Gasteiger partial charge in [0.15, 0.2) is 42.7 Å². The fourth-order valence-electron chi connectivity index (χ4n) is 9.90. The van der Waals surface area contributed by atoms with Gasteiger partial charge in [-0.05, 0) is 172 Å². The van der Waals surface area contributed by atoms with Crippen LogP contribution >= 0.6 is 70.4 Å². The number of halogens is 8. The van der Waals surface area contributed by atoms with Crippen LogP contribution in [-0.4, -0.2) is 174 Å². The molecule has 13 rings (SSSR count). The van der Waals surface area contributed by atoms with E-state index in [0.717, 1.165) is 65.1 Å². The molecule has 8 aromatic carbocycles. The summed E-state index contributed by atoms with van der Waals surface area (Å²) in [4.78, 5) is 38.5. The summed E-state index contributed by atoms with van der Waals surface area (Å²) in [6, 6.07) is 58.9. The van der Waals surface area contributed by atoms with E-state index in [1.165, 1.54) is 31.2 Å². The fourth-order valence-corrected chi connectivity index (χ4v) is 10.5. The number of para-hydroxylation sites is 5. The van der Waals surface area contributed by atoms with Crippen molar-refractivity contribution in [2.75, 3.05) is 96.2 Å². The van der Waals surface area contributed by atoms with Crippen LogP contribution in [0, 0.1) is 5.82 Å². The minimum atomic E-state index is -0.873. The highest BCUT2D eigenvalue weighted by atomic mass is 35.5. The van der Waals surface area contributed by atoms with Gasteiger partial charge in [-0.25, -0.2) is 13.8 Å². The number of alkyl halides is 1. The van der Waals surface area contributed by atoms with Gasteiger partial charge in [0.25, 0.3) is 0 Å². The van der Waals surface area contributed by atoms with E-state index in [2.05, 4.69) is 27.7 Å². The normalized spacial score (nSPS) is 17.9. The van der Waals surface area contributed by atoms with Gasteiger partial charge in [-0.3, -0.25) is 9.59 Å². The first-order valence-electron chi connectivity index (χ1n) is 31.1. The van der Waals surface area contributed by atoms with Crippen LogP contribution in [-0.2, 0) is 4.74 Å². The van der Waals surface area contributed by atoms with Crippen LogP contribution in [0.1, 0.15) is 62.6 Å². The van der Waals surface area contributed by atoms with Crippen molar-refractivity contribution < 1.29 is 78.8 Å². The average molecular weight is 1520 g/mol. The summed E-state index contributed by atoms with van der Waals surface area (Å²) >= 11 is 27.1. The summed E-state index contributed by atoms with van der Waals surface area (Å²) in [5, 5.41) is 15.0. The van der Waals surface area contributed by atoms with Gasteiger partial charge in [-0.2, -0.15) is 0 Å². The third-order valence-electron chi connectivity index (χ3n) is 14.1. The van der Waals surface area contributed by atoms with Crippen molar-refractivity contribution in [3.8, 4) is 40.2 Å². The number of nitrogens with zero attached hydrogens (tertiary/aromatic N) is 4. The van der Waals surface area contributed by atoms with Crippen molar-refractivity contribution in [1.82, 2.24) is 20.0 Å². The van der Waals surface area contributed by atoms with Gasteiger partial charge in [0, 0.05) is 69.5 Å². The van der Waals surface area contributed by atoms with E-state index in [9.17, 15) is 23.9 Å². The largest absolute Gasteiger partial charge is 1.00 e. The van der Waals surface area contributed by atoms with E-state index in [0.29, 0.717) is 44.2 Å². The second-order valence-corrected chi connectivity index (χ2v) is 25.7. The van der Waals surface area contributed by atoms with Gasteiger partial charge in [0.05, 0.1) is 11.1 Å². The number of ether oxygens (including phenoxy) is 8. The molecule has 0 saturated heterocycles. The van der Waals surface area contributed by atoms with Crippen LogP contribution in [0.25, 0.3) is 0 Å². The van der Waals surface area contributed by atoms with Crippen LogP contribution in [0.3, 0.4) is 0 Å². The van der Waals surface area contributed by atoms with Crippen molar-refractivity contribution in [3.05, 3.63) is 243 Å². The van der Waals surface area contributed by atoms with E-state index in [-0.39, 0.29) is 85.4 Å². The summed E-state index contributed by atoms with van der Waals surface area (Å²) in [6.07, 6.45) is -1.23. The van der Waals surface area contributed by atoms with E-state index in [1.807, 2.05) is 225 Å². The number of ketones is 2. The number of carbonyl (C=O) groups is 3. The number of likely N-dealkylation sites (N-methyl/N-ethyl adjacent to an activating group) is 4. The molecule has 5 aliphatic rings. The first-order valence-corrected chi connectivity index (χ1v) is 33.1. The third kappa shape index (κ3) is 27.9. The highest BCUT2D eigenvalue weighted by molar-refractivity contribution is 6.61. The monoisotopic (exact) mass is 1510 g/mol. The van der Waals surface area contributed by atoms with E-state index < -0.39 is 17.1 Å². The van der Waals surface area contributed by atoms with Gasteiger partial charge in [-0.15, -0.1) is 12.4 Å². The van der Waals surface area contributed by atoms with Crippen molar-refractivity contribution in [1.29, 1.82) is 0 Å². The number of nitrogens with one attached hydrogen (secondary N) is 1. The molecular formula is C75H85Cl7FN5O12. The number of rotatable bonds is 13. The number of aliphatic hydroxyl groups excluding tert-OH is 1. The van der Waals surface area contributed by atoms with Gasteiger partial charge in [0.2, 0.25) is 11.6 Å². The molecule has 0 amide bonds. The van der Waals surface area contributed by atoms with Crippen molar-refractivity contribution in [2.45, 2.75) is 55.2 Å². The van der Waals surface area contributed by atoms with Crippen LogP contribution in [0.5, 0.6) is 40.2 Å². The molecule has 538 valence electrons. The number of hydrogen-bond acceptors (Lipinski definition) is 16. The summed E-state index contributed by atoms with van der Waals surface area (Å²) < 4.78 is 58.4. The van der Waals surface area contributed by atoms with Gasteiger partial charge in [-0.1, -0.05) is 125 Å². The fraction of sp³-hybridized carbons (Fsp3) is 0.307. The van der Waals surface area contributed by atoms with E-state index in [4.69, 9.17) is 91.2 Å². The van der Waals surface area contributed by atoms with Crippen LogP contribution in [0.4, 0.5) is 9.18 Å². The molecular weight excluding hydrogens is 1430 g/mol. The third-order valence-corrected chi connectivity index (χ3v) is 15.0. The Morgan fingerprint density at radius 3 is 1.37 bits per heavy atom. The summed E-state index contributed by atoms with van der Waals surface area (Å²) in [5.41, 5.74) is 3.00. The molecule has 100 heavy (non-hydrogen) atoms. The van der Waals surface area contributed by atoms with Gasteiger partial charge in [0.1, 0.15) is 79.1 Å². The number of Topliss-reactive ketones (excluding diaryl/α,β-unsaturated/α-hetero) is 2. The molecule has 25 heteroatoms. The lowest BCUT2D eigenvalue weighted by Gasteiger charge is -2.23. The first-order chi connectivity index (χ1) is 46.8. The highest BCUT2D eigenvalue weighted by Gasteiger charge is 2.38. The zero-order valence-corrected chi connectivity index (χ0v) is 62.5. The number of aliphatic hydroxyl groups is 1. The number of carbonyl (C=O) groups excluding carboxylic acids is 3. The Hall–Kier alpha value is -7.40. The summed E-state index contributed by atoms with van der Waals surface area (Å²) in [7, 11) is 17.6. The molecule has 2 N–H and O–H groups in total. The summed E-state index contributed by atoms with van der Waals surface area (Å²) in [5.74, 6) is 5.55.